The second kappa shape index (κ2) is 9.30. The van der Waals surface area contributed by atoms with Crippen LogP contribution in [0, 0.1) is 0 Å². The van der Waals surface area contributed by atoms with Crippen molar-refractivity contribution < 1.29 is 14.3 Å². The topological polar surface area (TPSA) is 60.5 Å². The van der Waals surface area contributed by atoms with Crippen molar-refractivity contribution in [2.75, 3.05) is 7.11 Å². The molecule has 0 aliphatic carbocycles. The van der Waals surface area contributed by atoms with Crippen LogP contribution in [0.4, 0.5) is 4.79 Å². The molecule has 0 radical (unpaired) electrons. The van der Waals surface area contributed by atoms with Gasteiger partial charge in [0.1, 0.15) is 11.4 Å². The monoisotopic (exact) mass is 424 g/mol. The molecule has 2 aromatic carbocycles. The third kappa shape index (κ3) is 5.60. The zero-order valence-corrected chi connectivity index (χ0v) is 18.8. The number of amides is 1. The molecule has 2 atom stereocenters. The van der Waals surface area contributed by atoms with Crippen molar-refractivity contribution >= 4 is 17.4 Å². The molecule has 0 bridgehead atoms. The molecule has 5 nitrogen and oxygen atoms in total. The van der Waals surface area contributed by atoms with E-state index in [9.17, 15) is 4.79 Å². The lowest BCUT2D eigenvalue weighted by Gasteiger charge is -2.27. The van der Waals surface area contributed by atoms with Crippen LogP contribution >= 0.6 is 11.3 Å². The zero-order chi connectivity index (χ0) is 21.7. The number of alkyl carbamates (subject to hydrolysis) is 1. The van der Waals surface area contributed by atoms with Gasteiger partial charge in [-0.2, -0.15) is 0 Å². The number of benzene rings is 2. The SMILES string of the molecule is COc1cccc([C@@H](NC(=O)OC(C)(C)C)[C@@H](C)c2nc(-c3ccccc3)cs2)c1. The third-order valence-electron chi connectivity index (χ3n) is 4.61. The Bertz CT molecular complexity index is 979. The number of carbonyl (C=O) groups excluding carboxylic acids is 1. The van der Waals surface area contributed by atoms with Gasteiger partial charge in [-0.15, -0.1) is 11.3 Å². The standard InChI is InChI=1S/C24H28N2O3S/c1-16(22-25-20(15-30-22)17-10-7-6-8-11-17)21(26-23(27)29-24(2,3)4)18-12-9-13-19(14-18)28-5/h6-16,21H,1-5H3,(H,26,27)/t16-,21+/m1/s1. The molecule has 0 aliphatic heterocycles. The van der Waals surface area contributed by atoms with E-state index >= 15 is 0 Å². The highest BCUT2D eigenvalue weighted by Crippen LogP contribution is 2.35. The fourth-order valence-electron chi connectivity index (χ4n) is 3.15. The van der Waals surface area contributed by atoms with Gasteiger partial charge in [0, 0.05) is 16.9 Å². The van der Waals surface area contributed by atoms with Crippen LogP contribution in [0.2, 0.25) is 0 Å². The highest BCUT2D eigenvalue weighted by atomic mass is 32.1. The molecule has 0 spiro atoms. The lowest BCUT2D eigenvalue weighted by Crippen LogP contribution is -2.36. The first-order chi connectivity index (χ1) is 14.3. The second-order valence-corrected chi connectivity index (χ2v) is 9.02. The van der Waals surface area contributed by atoms with Crippen LogP contribution in [0.25, 0.3) is 11.3 Å². The summed E-state index contributed by atoms with van der Waals surface area (Å²) in [6, 6.07) is 17.5. The predicted molar refractivity (Wildman–Crippen MR) is 121 cm³/mol. The molecule has 30 heavy (non-hydrogen) atoms. The first-order valence-corrected chi connectivity index (χ1v) is 10.8. The molecule has 1 N–H and O–H groups in total. The minimum absolute atomic E-state index is 0.0629. The third-order valence-corrected chi connectivity index (χ3v) is 5.65. The van der Waals surface area contributed by atoms with Crippen LogP contribution in [0.3, 0.4) is 0 Å². The predicted octanol–water partition coefficient (Wildman–Crippen LogP) is 6.19. The smallest absolute Gasteiger partial charge is 0.408 e. The lowest BCUT2D eigenvalue weighted by atomic mass is 9.94. The quantitative estimate of drug-likeness (QED) is 0.513. The summed E-state index contributed by atoms with van der Waals surface area (Å²) in [6.45, 7) is 7.62. The Balaban J connectivity index is 1.90. The molecular weight excluding hydrogens is 396 g/mol. The fraction of sp³-hybridized carbons (Fsp3) is 0.333. The molecule has 1 amide bonds. The minimum atomic E-state index is -0.575. The molecular formula is C24H28N2O3S. The van der Waals surface area contributed by atoms with Crippen LogP contribution in [0.15, 0.2) is 60.0 Å². The minimum Gasteiger partial charge on any atom is -0.497 e. The largest absolute Gasteiger partial charge is 0.497 e. The van der Waals surface area contributed by atoms with E-state index in [0.717, 1.165) is 27.6 Å². The number of hydrogen-bond acceptors (Lipinski definition) is 5. The molecule has 0 unspecified atom stereocenters. The van der Waals surface area contributed by atoms with Gasteiger partial charge in [-0.05, 0) is 38.5 Å². The molecule has 0 fully saturated rings. The molecule has 158 valence electrons. The Hall–Kier alpha value is -2.86. The van der Waals surface area contributed by atoms with Gasteiger partial charge in [-0.3, -0.25) is 0 Å². The van der Waals surface area contributed by atoms with Crippen LogP contribution in [0.1, 0.15) is 50.2 Å². The van der Waals surface area contributed by atoms with Crippen LogP contribution in [0.5, 0.6) is 5.75 Å². The Morgan fingerprint density at radius 2 is 1.83 bits per heavy atom. The Morgan fingerprint density at radius 1 is 1.10 bits per heavy atom. The maximum Gasteiger partial charge on any atom is 0.408 e. The number of nitrogens with zero attached hydrogens (tertiary/aromatic N) is 1. The van der Waals surface area contributed by atoms with Gasteiger partial charge in [0.2, 0.25) is 0 Å². The van der Waals surface area contributed by atoms with E-state index in [1.165, 1.54) is 0 Å². The average Bonchev–Trinajstić information content (AvgIpc) is 3.21. The van der Waals surface area contributed by atoms with Gasteiger partial charge in [-0.1, -0.05) is 49.4 Å². The number of aromatic nitrogens is 1. The molecule has 1 aromatic heterocycles. The summed E-state index contributed by atoms with van der Waals surface area (Å²) in [6.07, 6.45) is -0.456. The van der Waals surface area contributed by atoms with Crippen molar-refractivity contribution in [3.63, 3.8) is 0 Å². The van der Waals surface area contributed by atoms with Crippen molar-refractivity contribution in [3.8, 4) is 17.0 Å². The summed E-state index contributed by atoms with van der Waals surface area (Å²) < 4.78 is 10.9. The molecule has 0 saturated heterocycles. The van der Waals surface area contributed by atoms with E-state index in [4.69, 9.17) is 14.5 Å². The summed E-state index contributed by atoms with van der Waals surface area (Å²) in [5.41, 5.74) is 2.37. The van der Waals surface area contributed by atoms with Crippen LogP contribution in [-0.4, -0.2) is 23.8 Å². The first kappa shape index (κ1) is 21.8. The summed E-state index contributed by atoms with van der Waals surface area (Å²) >= 11 is 1.59. The Labute approximate surface area is 182 Å². The van der Waals surface area contributed by atoms with Crippen molar-refractivity contribution in [1.29, 1.82) is 0 Å². The maximum absolute atomic E-state index is 12.6. The van der Waals surface area contributed by atoms with E-state index in [1.807, 2.05) is 75.4 Å². The van der Waals surface area contributed by atoms with Crippen molar-refractivity contribution in [2.45, 2.75) is 45.3 Å². The number of carbonyl (C=O) groups is 1. The number of nitrogens with one attached hydrogen (secondary N) is 1. The van der Waals surface area contributed by atoms with Gasteiger partial charge < -0.3 is 14.8 Å². The van der Waals surface area contributed by atoms with Gasteiger partial charge in [0.15, 0.2) is 0 Å². The molecule has 3 aromatic rings. The van der Waals surface area contributed by atoms with E-state index in [0.29, 0.717) is 0 Å². The van der Waals surface area contributed by atoms with Gasteiger partial charge >= 0.3 is 6.09 Å². The normalized spacial score (nSPS) is 13.4. The van der Waals surface area contributed by atoms with Crippen LogP contribution in [-0.2, 0) is 4.74 Å². The zero-order valence-electron chi connectivity index (χ0n) is 18.0. The van der Waals surface area contributed by atoms with E-state index < -0.39 is 11.7 Å². The Kier molecular flexibility index (Phi) is 6.77. The van der Waals surface area contributed by atoms with Crippen molar-refractivity contribution in [3.05, 3.63) is 70.5 Å². The van der Waals surface area contributed by atoms with E-state index in [-0.39, 0.29) is 12.0 Å². The summed E-state index contributed by atoms with van der Waals surface area (Å²) in [5.74, 6) is 0.673. The van der Waals surface area contributed by atoms with Gasteiger partial charge in [-0.25, -0.2) is 9.78 Å². The maximum atomic E-state index is 12.6. The Morgan fingerprint density at radius 3 is 2.50 bits per heavy atom. The van der Waals surface area contributed by atoms with Gasteiger partial charge in [0.25, 0.3) is 0 Å². The summed E-state index contributed by atoms with van der Waals surface area (Å²) in [4.78, 5) is 17.4. The van der Waals surface area contributed by atoms with Crippen LogP contribution < -0.4 is 10.1 Å². The number of methoxy groups -OCH3 is 1. The number of rotatable bonds is 6. The molecule has 6 heteroatoms. The van der Waals surface area contributed by atoms with E-state index in [1.54, 1.807) is 18.4 Å². The summed E-state index contributed by atoms with van der Waals surface area (Å²) in [7, 11) is 1.63. The number of hydrogen-bond donors (Lipinski definition) is 1. The van der Waals surface area contributed by atoms with E-state index in [2.05, 4.69) is 17.6 Å². The highest BCUT2D eigenvalue weighted by Gasteiger charge is 2.28. The summed E-state index contributed by atoms with van der Waals surface area (Å²) in [5, 5.41) is 6.03. The molecule has 3 rings (SSSR count). The lowest BCUT2D eigenvalue weighted by molar-refractivity contribution is 0.0496. The number of thiazole rings is 1. The number of ether oxygens (including phenoxy) is 2. The van der Waals surface area contributed by atoms with Crippen molar-refractivity contribution in [1.82, 2.24) is 10.3 Å². The average molecular weight is 425 g/mol. The fourth-order valence-corrected chi connectivity index (χ4v) is 4.07. The molecule has 0 aliphatic rings. The first-order valence-electron chi connectivity index (χ1n) is 9.91. The molecule has 0 saturated carbocycles. The molecule has 1 heterocycles. The highest BCUT2D eigenvalue weighted by molar-refractivity contribution is 7.10. The van der Waals surface area contributed by atoms with Gasteiger partial charge in [0.05, 0.1) is 23.9 Å². The second-order valence-electron chi connectivity index (χ2n) is 8.13. The van der Waals surface area contributed by atoms with Crippen molar-refractivity contribution in [2.24, 2.45) is 0 Å².